The van der Waals surface area contributed by atoms with E-state index in [-0.39, 0.29) is 0 Å². The fraction of sp³-hybridized carbons (Fsp3) is 0.167. The van der Waals surface area contributed by atoms with E-state index in [1.165, 1.54) is 11.3 Å². The highest BCUT2D eigenvalue weighted by Crippen LogP contribution is 2.31. The van der Waals surface area contributed by atoms with Gasteiger partial charge in [-0.25, -0.2) is 0 Å². The van der Waals surface area contributed by atoms with Gasteiger partial charge in [0.2, 0.25) is 0 Å². The normalized spacial score (nSPS) is 8.90. The molecule has 0 aliphatic carbocycles. The van der Waals surface area contributed by atoms with Gasteiger partial charge in [-0.05, 0) is 15.9 Å². The van der Waals surface area contributed by atoms with Gasteiger partial charge in [0, 0.05) is 6.07 Å². The lowest BCUT2D eigenvalue weighted by atomic mass is 10.5. The third-order valence-corrected chi connectivity index (χ3v) is 2.51. The van der Waals surface area contributed by atoms with E-state index in [0.717, 1.165) is 3.79 Å². The number of hydrogen-bond donors (Lipinski definition) is 0. The van der Waals surface area contributed by atoms with Crippen LogP contribution in [-0.4, -0.2) is 7.11 Å². The molecule has 0 saturated carbocycles. The van der Waals surface area contributed by atoms with Crippen LogP contribution in [0.1, 0.15) is 4.88 Å². The van der Waals surface area contributed by atoms with Crippen molar-refractivity contribution in [3.05, 3.63) is 14.7 Å². The Morgan fingerprint density at radius 1 is 1.80 bits per heavy atom. The van der Waals surface area contributed by atoms with Gasteiger partial charge in [0.25, 0.3) is 0 Å². The first-order valence-corrected chi connectivity index (χ1v) is 4.12. The zero-order valence-corrected chi connectivity index (χ0v) is 7.62. The number of rotatable bonds is 1. The molecule has 0 radical (unpaired) electrons. The third kappa shape index (κ3) is 1.31. The van der Waals surface area contributed by atoms with Crippen LogP contribution >= 0.6 is 27.3 Å². The molecule has 4 heteroatoms. The van der Waals surface area contributed by atoms with E-state index >= 15 is 0 Å². The summed E-state index contributed by atoms with van der Waals surface area (Å²) in [5.74, 6) is 0.638. The van der Waals surface area contributed by atoms with Crippen molar-refractivity contribution < 1.29 is 4.74 Å². The second-order valence-electron chi connectivity index (χ2n) is 1.56. The van der Waals surface area contributed by atoms with Gasteiger partial charge in [-0.2, -0.15) is 5.26 Å². The van der Waals surface area contributed by atoms with Crippen LogP contribution in [0.15, 0.2) is 9.85 Å². The standard InChI is InChI=1S/C6H4BrNOS/c1-9-4-2-6(7)10-5(4)3-8/h2H,1H3. The summed E-state index contributed by atoms with van der Waals surface area (Å²) >= 11 is 4.62. The largest absolute Gasteiger partial charge is 0.494 e. The predicted octanol–water partition coefficient (Wildman–Crippen LogP) is 2.39. The van der Waals surface area contributed by atoms with E-state index in [1.54, 1.807) is 13.2 Å². The molecule has 52 valence electrons. The fourth-order valence-corrected chi connectivity index (χ4v) is 1.92. The Hall–Kier alpha value is -0.530. The van der Waals surface area contributed by atoms with E-state index in [0.29, 0.717) is 10.6 Å². The first-order valence-electron chi connectivity index (χ1n) is 2.51. The zero-order chi connectivity index (χ0) is 7.56. The van der Waals surface area contributed by atoms with E-state index < -0.39 is 0 Å². The summed E-state index contributed by atoms with van der Waals surface area (Å²) in [7, 11) is 1.55. The van der Waals surface area contributed by atoms with Crippen molar-refractivity contribution in [2.24, 2.45) is 0 Å². The summed E-state index contributed by atoms with van der Waals surface area (Å²) in [6, 6.07) is 3.81. The van der Waals surface area contributed by atoms with Crippen LogP contribution in [0.5, 0.6) is 5.75 Å². The van der Waals surface area contributed by atoms with Crippen molar-refractivity contribution in [1.29, 1.82) is 5.26 Å². The van der Waals surface area contributed by atoms with E-state index in [4.69, 9.17) is 10.00 Å². The van der Waals surface area contributed by atoms with Gasteiger partial charge in [-0.1, -0.05) is 0 Å². The number of thiophene rings is 1. The fourth-order valence-electron chi connectivity index (χ4n) is 0.575. The zero-order valence-electron chi connectivity index (χ0n) is 5.22. The summed E-state index contributed by atoms with van der Waals surface area (Å²) in [5, 5.41) is 8.52. The minimum atomic E-state index is 0.606. The molecular formula is C6H4BrNOS. The first-order chi connectivity index (χ1) is 4.77. The summed E-state index contributed by atoms with van der Waals surface area (Å²) in [6.07, 6.45) is 0. The van der Waals surface area contributed by atoms with Crippen LogP contribution in [0.2, 0.25) is 0 Å². The summed E-state index contributed by atoms with van der Waals surface area (Å²) in [4.78, 5) is 0.606. The SMILES string of the molecule is COc1cc(Br)sc1C#N. The smallest absolute Gasteiger partial charge is 0.148 e. The van der Waals surface area contributed by atoms with Gasteiger partial charge in [-0.3, -0.25) is 0 Å². The van der Waals surface area contributed by atoms with Crippen LogP contribution in [0, 0.1) is 11.3 Å². The highest BCUT2D eigenvalue weighted by Gasteiger charge is 2.05. The van der Waals surface area contributed by atoms with Crippen molar-refractivity contribution in [1.82, 2.24) is 0 Å². The monoisotopic (exact) mass is 217 g/mol. The van der Waals surface area contributed by atoms with Crippen molar-refractivity contribution in [3.63, 3.8) is 0 Å². The molecule has 1 aromatic heterocycles. The molecule has 1 aromatic rings. The van der Waals surface area contributed by atoms with Crippen molar-refractivity contribution in [2.45, 2.75) is 0 Å². The Balaban J connectivity index is 3.12. The average molecular weight is 218 g/mol. The van der Waals surface area contributed by atoms with Crippen LogP contribution in [0.25, 0.3) is 0 Å². The van der Waals surface area contributed by atoms with Crippen LogP contribution in [0.4, 0.5) is 0 Å². The van der Waals surface area contributed by atoms with Gasteiger partial charge < -0.3 is 4.74 Å². The third-order valence-electron chi connectivity index (χ3n) is 0.989. The Morgan fingerprint density at radius 3 is 2.90 bits per heavy atom. The number of methoxy groups -OCH3 is 1. The van der Waals surface area contributed by atoms with E-state index in [2.05, 4.69) is 15.9 Å². The minimum absolute atomic E-state index is 0.606. The first kappa shape index (κ1) is 7.58. The highest BCUT2D eigenvalue weighted by atomic mass is 79.9. The Labute approximate surface area is 71.2 Å². The Morgan fingerprint density at radius 2 is 2.50 bits per heavy atom. The number of halogens is 1. The lowest BCUT2D eigenvalue weighted by molar-refractivity contribution is 0.415. The Bertz CT molecular complexity index is 276. The van der Waals surface area contributed by atoms with Crippen LogP contribution < -0.4 is 4.74 Å². The Kier molecular flexibility index (Phi) is 2.30. The van der Waals surface area contributed by atoms with Gasteiger partial charge in [-0.15, -0.1) is 11.3 Å². The molecule has 0 amide bonds. The number of ether oxygens (including phenoxy) is 1. The molecule has 1 heterocycles. The molecule has 0 N–H and O–H groups in total. The summed E-state index contributed by atoms with van der Waals surface area (Å²) in [5.41, 5.74) is 0. The molecule has 1 rings (SSSR count). The number of nitriles is 1. The molecule has 2 nitrogen and oxygen atoms in total. The lowest BCUT2D eigenvalue weighted by Crippen LogP contribution is -1.79. The maximum atomic E-state index is 8.52. The lowest BCUT2D eigenvalue weighted by Gasteiger charge is -1.90. The second kappa shape index (κ2) is 3.04. The minimum Gasteiger partial charge on any atom is -0.494 e. The van der Waals surface area contributed by atoms with E-state index in [9.17, 15) is 0 Å². The predicted molar refractivity (Wildman–Crippen MR) is 43.3 cm³/mol. The molecule has 0 fully saturated rings. The number of hydrogen-bond acceptors (Lipinski definition) is 3. The molecule has 0 unspecified atom stereocenters. The molecule has 0 aliphatic heterocycles. The summed E-state index contributed by atoms with van der Waals surface area (Å²) < 4.78 is 5.83. The molecule has 0 aliphatic rings. The van der Waals surface area contributed by atoms with Crippen molar-refractivity contribution >= 4 is 27.3 Å². The van der Waals surface area contributed by atoms with Crippen LogP contribution in [-0.2, 0) is 0 Å². The molecule has 0 aromatic carbocycles. The second-order valence-corrected chi connectivity index (χ2v) is 3.99. The molecule has 0 saturated heterocycles. The molecule has 10 heavy (non-hydrogen) atoms. The maximum Gasteiger partial charge on any atom is 0.148 e. The molecule has 0 atom stereocenters. The average Bonchev–Trinajstić information content (AvgIpc) is 2.30. The van der Waals surface area contributed by atoms with E-state index in [1.807, 2.05) is 6.07 Å². The highest BCUT2D eigenvalue weighted by molar-refractivity contribution is 9.11. The maximum absolute atomic E-state index is 8.52. The van der Waals surface area contributed by atoms with Gasteiger partial charge in [0.05, 0.1) is 10.9 Å². The molecular weight excluding hydrogens is 214 g/mol. The molecule has 0 spiro atoms. The van der Waals surface area contributed by atoms with Gasteiger partial charge in [0.1, 0.15) is 16.7 Å². The van der Waals surface area contributed by atoms with Gasteiger partial charge in [0.15, 0.2) is 0 Å². The summed E-state index contributed by atoms with van der Waals surface area (Å²) in [6.45, 7) is 0. The quantitative estimate of drug-likeness (QED) is 0.724. The van der Waals surface area contributed by atoms with Crippen LogP contribution in [0.3, 0.4) is 0 Å². The topological polar surface area (TPSA) is 33.0 Å². The van der Waals surface area contributed by atoms with Gasteiger partial charge >= 0.3 is 0 Å². The van der Waals surface area contributed by atoms with Crippen molar-refractivity contribution in [2.75, 3.05) is 7.11 Å². The van der Waals surface area contributed by atoms with Crippen molar-refractivity contribution in [3.8, 4) is 11.8 Å². The number of nitrogens with zero attached hydrogens (tertiary/aromatic N) is 1. The molecule has 0 bridgehead atoms.